The second-order valence-electron chi connectivity index (χ2n) is 4.32. The molecule has 1 aromatic carbocycles. The van der Waals surface area contributed by atoms with Gasteiger partial charge in [-0.25, -0.2) is 9.59 Å². The van der Waals surface area contributed by atoms with Gasteiger partial charge in [-0.2, -0.15) is 0 Å². The molecule has 0 bridgehead atoms. The van der Waals surface area contributed by atoms with Gasteiger partial charge < -0.3 is 10.4 Å². The van der Waals surface area contributed by atoms with Crippen molar-refractivity contribution in [3.8, 4) is 0 Å². The molecule has 0 aliphatic carbocycles. The van der Waals surface area contributed by atoms with Crippen molar-refractivity contribution >= 4 is 41.2 Å². The van der Waals surface area contributed by atoms with Crippen LogP contribution in [-0.4, -0.2) is 45.4 Å². The second kappa shape index (κ2) is 6.41. The van der Waals surface area contributed by atoms with Crippen molar-refractivity contribution in [2.75, 3.05) is 17.3 Å². The number of carboxylic acids is 1. The highest BCUT2D eigenvalue weighted by atomic mass is 32.2. The van der Waals surface area contributed by atoms with Crippen LogP contribution < -0.4 is 5.32 Å². The average molecular weight is 312 g/mol. The summed E-state index contributed by atoms with van der Waals surface area (Å²) in [5, 5.41) is 11.8. The van der Waals surface area contributed by atoms with Gasteiger partial charge in [0.15, 0.2) is 0 Å². The number of rotatable bonds is 3. The molecule has 20 heavy (non-hydrogen) atoms. The lowest BCUT2D eigenvalue weighted by atomic mass is 10.3. The van der Waals surface area contributed by atoms with Crippen molar-refractivity contribution in [1.82, 2.24) is 4.90 Å². The molecule has 2 unspecified atom stereocenters. The van der Waals surface area contributed by atoms with Crippen LogP contribution in [0.2, 0.25) is 0 Å². The average Bonchev–Trinajstić information content (AvgIpc) is 2.81. The number of nitrogens with one attached hydrogen (secondary N) is 1. The molecule has 1 aromatic rings. The number of urea groups is 1. The van der Waals surface area contributed by atoms with Crippen LogP contribution in [0, 0.1) is 0 Å². The molecule has 0 spiro atoms. The number of thioether (sulfide) groups is 2. The third-order valence-electron chi connectivity index (χ3n) is 3.09. The predicted molar refractivity (Wildman–Crippen MR) is 82.4 cm³/mol. The lowest BCUT2D eigenvalue weighted by Crippen LogP contribution is -2.46. The summed E-state index contributed by atoms with van der Waals surface area (Å²) in [5.41, 5.74) is 0.707. The zero-order valence-electron chi connectivity index (χ0n) is 11.2. The summed E-state index contributed by atoms with van der Waals surface area (Å²) in [6.07, 6.45) is 1.93. The number of aliphatic carboxylic acids is 1. The van der Waals surface area contributed by atoms with Gasteiger partial charge in [0.05, 0.1) is 11.1 Å². The van der Waals surface area contributed by atoms with E-state index < -0.39 is 12.0 Å². The van der Waals surface area contributed by atoms with Gasteiger partial charge in [0.2, 0.25) is 0 Å². The van der Waals surface area contributed by atoms with Gasteiger partial charge in [0.1, 0.15) is 6.04 Å². The lowest BCUT2D eigenvalue weighted by Gasteiger charge is -2.25. The SMILES string of the molecule is CSc1ccccc1NC(=O)N1C(C)SCC1C(=O)O. The Labute approximate surface area is 126 Å². The first-order valence-corrected chi connectivity index (χ1v) is 8.38. The third kappa shape index (κ3) is 3.04. The van der Waals surface area contributed by atoms with Gasteiger partial charge in [-0.1, -0.05) is 12.1 Å². The summed E-state index contributed by atoms with van der Waals surface area (Å²) in [6.45, 7) is 1.84. The number of carbonyl (C=O) groups is 2. The van der Waals surface area contributed by atoms with E-state index >= 15 is 0 Å². The molecule has 1 saturated heterocycles. The summed E-state index contributed by atoms with van der Waals surface area (Å²) >= 11 is 3.00. The van der Waals surface area contributed by atoms with Crippen LogP contribution in [0.25, 0.3) is 0 Å². The summed E-state index contributed by atoms with van der Waals surface area (Å²) in [6, 6.07) is 6.33. The number of para-hydroxylation sites is 1. The van der Waals surface area contributed by atoms with Crippen molar-refractivity contribution < 1.29 is 14.7 Å². The van der Waals surface area contributed by atoms with E-state index in [0.29, 0.717) is 11.4 Å². The van der Waals surface area contributed by atoms with Gasteiger partial charge in [-0.05, 0) is 25.3 Å². The predicted octanol–water partition coefficient (Wildman–Crippen LogP) is 2.79. The first-order chi connectivity index (χ1) is 9.54. The molecular formula is C13H16N2O3S2. The zero-order valence-corrected chi connectivity index (χ0v) is 12.8. The Morgan fingerprint density at radius 2 is 2.15 bits per heavy atom. The Morgan fingerprint density at radius 3 is 2.80 bits per heavy atom. The van der Waals surface area contributed by atoms with E-state index in [1.807, 2.05) is 37.4 Å². The fourth-order valence-corrected chi connectivity index (χ4v) is 3.79. The van der Waals surface area contributed by atoms with Crippen LogP contribution >= 0.6 is 23.5 Å². The number of anilines is 1. The van der Waals surface area contributed by atoms with Crippen molar-refractivity contribution in [3.05, 3.63) is 24.3 Å². The van der Waals surface area contributed by atoms with E-state index in [-0.39, 0.29) is 11.4 Å². The van der Waals surface area contributed by atoms with E-state index in [1.54, 1.807) is 0 Å². The van der Waals surface area contributed by atoms with E-state index in [2.05, 4.69) is 5.32 Å². The number of carbonyl (C=O) groups excluding carboxylic acids is 1. The Morgan fingerprint density at radius 1 is 1.45 bits per heavy atom. The van der Waals surface area contributed by atoms with Crippen molar-refractivity contribution in [1.29, 1.82) is 0 Å². The quantitative estimate of drug-likeness (QED) is 0.840. The fraction of sp³-hybridized carbons (Fsp3) is 0.385. The number of hydrogen-bond donors (Lipinski definition) is 2. The first kappa shape index (κ1) is 15.1. The maximum absolute atomic E-state index is 12.3. The number of amides is 2. The van der Waals surface area contributed by atoms with Crippen molar-refractivity contribution in [2.24, 2.45) is 0 Å². The maximum atomic E-state index is 12.3. The zero-order chi connectivity index (χ0) is 14.7. The van der Waals surface area contributed by atoms with Gasteiger partial charge in [-0.3, -0.25) is 4.90 Å². The smallest absolute Gasteiger partial charge is 0.327 e. The molecule has 2 amide bonds. The second-order valence-corrected chi connectivity index (χ2v) is 6.52. The molecule has 2 atom stereocenters. The third-order valence-corrected chi connectivity index (χ3v) is 5.10. The van der Waals surface area contributed by atoms with Gasteiger partial charge in [-0.15, -0.1) is 23.5 Å². The highest BCUT2D eigenvalue weighted by molar-refractivity contribution is 8.00. The number of nitrogens with zero attached hydrogens (tertiary/aromatic N) is 1. The normalized spacial score (nSPS) is 21.8. The molecule has 2 rings (SSSR count). The molecule has 0 aromatic heterocycles. The maximum Gasteiger partial charge on any atom is 0.327 e. The molecule has 7 heteroatoms. The Bertz CT molecular complexity index is 524. The minimum Gasteiger partial charge on any atom is -0.480 e. The molecule has 0 saturated carbocycles. The van der Waals surface area contributed by atoms with Crippen LogP contribution in [0.15, 0.2) is 29.2 Å². The molecule has 1 aliphatic rings. The first-order valence-electron chi connectivity index (χ1n) is 6.11. The van der Waals surface area contributed by atoms with Gasteiger partial charge >= 0.3 is 12.0 Å². The fourth-order valence-electron chi connectivity index (χ4n) is 2.07. The molecule has 108 valence electrons. The Kier molecular flexibility index (Phi) is 4.82. The van der Waals surface area contributed by atoms with Gasteiger partial charge in [0, 0.05) is 10.6 Å². The standard InChI is InChI=1S/C13H16N2O3S2/c1-8-15(10(7-20-8)12(16)17)13(18)14-9-5-3-4-6-11(9)19-2/h3-6,8,10H,7H2,1-2H3,(H,14,18)(H,16,17). The van der Waals surface area contributed by atoms with E-state index in [1.165, 1.54) is 28.4 Å². The van der Waals surface area contributed by atoms with E-state index in [0.717, 1.165) is 4.90 Å². The summed E-state index contributed by atoms with van der Waals surface area (Å²) in [4.78, 5) is 25.9. The van der Waals surface area contributed by atoms with Crippen LogP contribution in [-0.2, 0) is 4.79 Å². The summed E-state index contributed by atoms with van der Waals surface area (Å²) in [5.74, 6) is -0.538. The number of carboxylic acid groups (broad SMARTS) is 1. The molecule has 5 nitrogen and oxygen atoms in total. The summed E-state index contributed by atoms with van der Waals surface area (Å²) < 4.78 is 0. The highest BCUT2D eigenvalue weighted by Crippen LogP contribution is 2.31. The number of hydrogen-bond acceptors (Lipinski definition) is 4. The Hall–Kier alpha value is -1.34. The minimum atomic E-state index is -0.963. The minimum absolute atomic E-state index is 0.141. The van der Waals surface area contributed by atoms with Gasteiger partial charge in [0.25, 0.3) is 0 Å². The molecule has 1 aliphatic heterocycles. The van der Waals surface area contributed by atoms with E-state index in [9.17, 15) is 14.7 Å². The lowest BCUT2D eigenvalue weighted by molar-refractivity contribution is -0.141. The monoisotopic (exact) mass is 312 g/mol. The van der Waals surface area contributed by atoms with E-state index in [4.69, 9.17) is 0 Å². The van der Waals surface area contributed by atoms with Crippen LogP contribution in [0.4, 0.5) is 10.5 Å². The van der Waals surface area contributed by atoms with Crippen LogP contribution in [0.5, 0.6) is 0 Å². The number of benzene rings is 1. The largest absolute Gasteiger partial charge is 0.480 e. The topological polar surface area (TPSA) is 69.6 Å². The van der Waals surface area contributed by atoms with Crippen LogP contribution in [0.1, 0.15) is 6.92 Å². The molecule has 0 radical (unpaired) electrons. The molecular weight excluding hydrogens is 296 g/mol. The van der Waals surface area contributed by atoms with Crippen molar-refractivity contribution in [3.63, 3.8) is 0 Å². The molecule has 2 N–H and O–H groups in total. The molecule has 1 heterocycles. The Balaban J connectivity index is 2.16. The summed E-state index contributed by atoms with van der Waals surface area (Å²) in [7, 11) is 0. The van der Waals surface area contributed by atoms with Crippen LogP contribution in [0.3, 0.4) is 0 Å². The van der Waals surface area contributed by atoms with Crippen molar-refractivity contribution in [2.45, 2.75) is 23.2 Å². The highest BCUT2D eigenvalue weighted by Gasteiger charge is 2.39. The molecule has 1 fully saturated rings.